The molecule has 2 amide bonds. The van der Waals surface area contributed by atoms with E-state index in [0.717, 1.165) is 12.0 Å². The Bertz CT molecular complexity index is 1010. The molecular formula is C23H22N2O4S. The second-order valence-electron chi connectivity index (χ2n) is 6.89. The zero-order chi connectivity index (χ0) is 20.8. The molecule has 0 saturated carbocycles. The molecule has 1 aliphatic rings. The second kappa shape index (κ2) is 9.45. The fourth-order valence-electron chi connectivity index (χ4n) is 3.17. The summed E-state index contributed by atoms with van der Waals surface area (Å²) in [5.41, 5.74) is 1.55. The monoisotopic (exact) mass is 422 g/mol. The van der Waals surface area contributed by atoms with Gasteiger partial charge in [0.1, 0.15) is 6.04 Å². The van der Waals surface area contributed by atoms with Crippen LogP contribution in [0.1, 0.15) is 21.7 Å². The van der Waals surface area contributed by atoms with E-state index in [1.54, 1.807) is 24.3 Å². The quantitative estimate of drug-likeness (QED) is 0.632. The summed E-state index contributed by atoms with van der Waals surface area (Å²) < 4.78 is 11.3. The predicted octanol–water partition coefficient (Wildman–Crippen LogP) is 3.89. The largest absolute Gasteiger partial charge is 0.490 e. The number of hydrogen-bond acceptors (Lipinski definition) is 5. The third kappa shape index (κ3) is 4.99. The molecular weight excluding hydrogens is 400 g/mol. The summed E-state index contributed by atoms with van der Waals surface area (Å²) in [4.78, 5) is 26.2. The first-order chi connectivity index (χ1) is 14.7. The Morgan fingerprint density at radius 2 is 1.77 bits per heavy atom. The van der Waals surface area contributed by atoms with Gasteiger partial charge in [0.25, 0.3) is 5.91 Å². The number of fused-ring (bicyclic) bond motifs is 1. The van der Waals surface area contributed by atoms with Crippen LogP contribution in [0.15, 0.2) is 66.0 Å². The summed E-state index contributed by atoms with van der Waals surface area (Å²) in [5, 5.41) is 7.59. The highest BCUT2D eigenvalue weighted by Crippen LogP contribution is 2.32. The van der Waals surface area contributed by atoms with E-state index in [1.165, 1.54) is 11.3 Å². The molecule has 1 unspecified atom stereocenters. The number of carbonyl (C=O) groups is 2. The van der Waals surface area contributed by atoms with E-state index in [1.807, 2.05) is 41.8 Å². The number of amides is 2. The molecule has 0 saturated heterocycles. The average Bonchev–Trinajstić information content (AvgIpc) is 3.20. The maximum atomic E-state index is 13.1. The van der Waals surface area contributed by atoms with Gasteiger partial charge in [-0.15, -0.1) is 11.3 Å². The summed E-state index contributed by atoms with van der Waals surface area (Å²) in [6.07, 6.45) is 1.19. The van der Waals surface area contributed by atoms with Gasteiger partial charge in [-0.05, 0) is 29.1 Å². The molecule has 3 aromatic rings. The minimum absolute atomic E-state index is 0.264. The van der Waals surface area contributed by atoms with Gasteiger partial charge in [0.05, 0.1) is 18.1 Å². The zero-order valence-corrected chi connectivity index (χ0v) is 17.1. The van der Waals surface area contributed by atoms with Gasteiger partial charge in [0, 0.05) is 24.6 Å². The molecule has 1 aromatic heterocycles. The van der Waals surface area contributed by atoms with Crippen LogP contribution < -0.4 is 20.1 Å². The van der Waals surface area contributed by atoms with Crippen molar-refractivity contribution in [2.24, 2.45) is 0 Å². The molecule has 4 rings (SSSR count). The van der Waals surface area contributed by atoms with Crippen LogP contribution in [0.5, 0.6) is 11.5 Å². The second-order valence-corrected chi connectivity index (χ2v) is 7.84. The van der Waals surface area contributed by atoms with Crippen molar-refractivity contribution in [2.75, 3.05) is 18.5 Å². The Labute approximate surface area is 178 Å². The summed E-state index contributed by atoms with van der Waals surface area (Å²) in [6, 6.07) is 17.7. The molecule has 30 heavy (non-hydrogen) atoms. The Morgan fingerprint density at radius 1 is 0.967 bits per heavy atom. The van der Waals surface area contributed by atoms with Crippen molar-refractivity contribution in [3.05, 3.63) is 76.5 Å². The van der Waals surface area contributed by atoms with Crippen LogP contribution in [0.3, 0.4) is 0 Å². The zero-order valence-electron chi connectivity index (χ0n) is 16.3. The van der Waals surface area contributed by atoms with E-state index in [2.05, 4.69) is 10.6 Å². The lowest BCUT2D eigenvalue weighted by atomic mass is 10.0. The topological polar surface area (TPSA) is 76.7 Å². The lowest BCUT2D eigenvalue weighted by Crippen LogP contribution is -2.45. The number of rotatable bonds is 6. The number of carbonyl (C=O) groups excluding carboxylic acids is 2. The first-order valence-corrected chi connectivity index (χ1v) is 10.7. The van der Waals surface area contributed by atoms with Gasteiger partial charge in [-0.25, -0.2) is 0 Å². The maximum absolute atomic E-state index is 13.1. The molecule has 0 fully saturated rings. The number of nitrogens with one attached hydrogen (secondary N) is 2. The van der Waals surface area contributed by atoms with Gasteiger partial charge < -0.3 is 20.1 Å². The van der Waals surface area contributed by atoms with Crippen LogP contribution in [0.2, 0.25) is 0 Å². The van der Waals surface area contributed by atoms with Crippen molar-refractivity contribution in [1.29, 1.82) is 0 Å². The SMILES string of the molecule is O=C(NC(Cc1ccccc1)C(=O)Nc1ccc2c(c1)OCCCO2)c1cccs1. The number of anilines is 1. The predicted molar refractivity (Wildman–Crippen MR) is 116 cm³/mol. The number of thiophene rings is 1. The molecule has 0 aliphatic carbocycles. The van der Waals surface area contributed by atoms with Crippen molar-refractivity contribution < 1.29 is 19.1 Å². The standard InChI is InChI=1S/C23H22N2O4S/c26-22(24-17-9-10-19-20(15-17)29-12-5-11-28-19)18(14-16-6-2-1-3-7-16)25-23(27)21-8-4-13-30-21/h1-4,6-10,13,15,18H,5,11-12,14H2,(H,24,26)(H,25,27). The van der Waals surface area contributed by atoms with Crippen molar-refractivity contribution >= 4 is 28.8 Å². The lowest BCUT2D eigenvalue weighted by molar-refractivity contribution is -0.118. The highest BCUT2D eigenvalue weighted by Gasteiger charge is 2.23. The fourth-order valence-corrected chi connectivity index (χ4v) is 3.79. The molecule has 6 nitrogen and oxygen atoms in total. The fraction of sp³-hybridized carbons (Fsp3) is 0.217. The normalized spacial score (nSPS) is 13.7. The molecule has 1 atom stereocenters. The highest BCUT2D eigenvalue weighted by atomic mass is 32.1. The van der Waals surface area contributed by atoms with Crippen LogP contribution in [0, 0.1) is 0 Å². The molecule has 1 aliphatic heterocycles. The average molecular weight is 423 g/mol. The van der Waals surface area contributed by atoms with Crippen molar-refractivity contribution in [3.8, 4) is 11.5 Å². The summed E-state index contributed by atoms with van der Waals surface area (Å²) in [7, 11) is 0. The van der Waals surface area contributed by atoms with Crippen molar-refractivity contribution in [3.63, 3.8) is 0 Å². The van der Waals surface area contributed by atoms with E-state index in [4.69, 9.17) is 9.47 Å². The van der Waals surface area contributed by atoms with Crippen LogP contribution >= 0.6 is 11.3 Å². The van der Waals surface area contributed by atoms with E-state index in [0.29, 0.717) is 41.7 Å². The first-order valence-electron chi connectivity index (χ1n) is 9.78. The van der Waals surface area contributed by atoms with Gasteiger partial charge >= 0.3 is 0 Å². The molecule has 154 valence electrons. The highest BCUT2D eigenvalue weighted by molar-refractivity contribution is 7.12. The smallest absolute Gasteiger partial charge is 0.262 e. The van der Waals surface area contributed by atoms with E-state index >= 15 is 0 Å². The van der Waals surface area contributed by atoms with E-state index < -0.39 is 6.04 Å². The molecule has 0 radical (unpaired) electrons. The molecule has 0 spiro atoms. The van der Waals surface area contributed by atoms with Crippen molar-refractivity contribution in [1.82, 2.24) is 5.32 Å². The van der Waals surface area contributed by atoms with Crippen LogP contribution in [-0.2, 0) is 11.2 Å². The van der Waals surface area contributed by atoms with Crippen molar-refractivity contribution in [2.45, 2.75) is 18.9 Å². The number of ether oxygens (including phenoxy) is 2. The Kier molecular flexibility index (Phi) is 6.29. The minimum atomic E-state index is -0.724. The molecule has 2 aromatic carbocycles. The van der Waals surface area contributed by atoms with Crippen LogP contribution in [0.4, 0.5) is 5.69 Å². The minimum Gasteiger partial charge on any atom is -0.490 e. The third-order valence-electron chi connectivity index (χ3n) is 4.66. The summed E-state index contributed by atoms with van der Waals surface area (Å²) in [6.45, 7) is 1.17. The Morgan fingerprint density at radius 3 is 2.53 bits per heavy atom. The third-order valence-corrected chi connectivity index (χ3v) is 5.53. The van der Waals surface area contributed by atoms with E-state index in [9.17, 15) is 9.59 Å². The molecule has 7 heteroatoms. The maximum Gasteiger partial charge on any atom is 0.262 e. The van der Waals surface area contributed by atoms with Gasteiger partial charge in [-0.1, -0.05) is 36.4 Å². The van der Waals surface area contributed by atoms with Gasteiger partial charge in [-0.2, -0.15) is 0 Å². The molecule has 0 bridgehead atoms. The summed E-state index contributed by atoms with van der Waals surface area (Å²) in [5.74, 6) is 0.711. The molecule has 2 N–H and O–H groups in total. The van der Waals surface area contributed by atoms with Gasteiger partial charge in [0.2, 0.25) is 5.91 Å². The first kappa shape index (κ1) is 20.0. The summed E-state index contributed by atoms with van der Waals surface area (Å²) >= 11 is 1.34. The Balaban J connectivity index is 1.51. The number of hydrogen-bond donors (Lipinski definition) is 2. The molecule has 2 heterocycles. The van der Waals surface area contributed by atoms with Gasteiger partial charge in [-0.3, -0.25) is 9.59 Å². The lowest BCUT2D eigenvalue weighted by Gasteiger charge is -2.19. The van der Waals surface area contributed by atoms with E-state index in [-0.39, 0.29) is 11.8 Å². The number of benzene rings is 2. The van der Waals surface area contributed by atoms with Gasteiger partial charge in [0.15, 0.2) is 11.5 Å². The van der Waals surface area contributed by atoms with Crippen LogP contribution in [0.25, 0.3) is 0 Å². The van der Waals surface area contributed by atoms with Crippen LogP contribution in [-0.4, -0.2) is 31.1 Å². The Hall–Kier alpha value is -3.32.